The summed E-state index contributed by atoms with van der Waals surface area (Å²) in [6.45, 7) is 2.95. The van der Waals surface area contributed by atoms with Crippen LogP contribution in [0.25, 0.3) is 0 Å². The molecule has 0 radical (unpaired) electrons. The van der Waals surface area contributed by atoms with Crippen molar-refractivity contribution in [3.05, 3.63) is 29.3 Å². The Balaban J connectivity index is 2.79. The van der Waals surface area contributed by atoms with Gasteiger partial charge in [-0.05, 0) is 37.1 Å². The number of hydrogen-bond donors (Lipinski definition) is 1. The largest absolute Gasteiger partial charge is 0.324 e. The zero-order chi connectivity index (χ0) is 9.84. The maximum Gasteiger partial charge on any atom is 0.255 e. The number of amides is 1. The van der Waals surface area contributed by atoms with Crippen molar-refractivity contribution in [1.29, 1.82) is 0 Å². The summed E-state index contributed by atoms with van der Waals surface area (Å²) < 4.78 is 11.8. The highest BCUT2D eigenvalue weighted by Gasteiger charge is 2.01. The molecule has 0 saturated carbocycles. The van der Waals surface area contributed by atoms with E-state index < -0.39 is 12.6 Å². The molecule has 0 bridgehead atoms. The number of anilines is 1. The molecule has 0 spiro atoms. The van der Waals surface area contributed by atoms with Gasteiger partial charge >= 0.3 is 0 Å². The van der Waals surface area contributed by atoms with Crippen LogP contribution in [0, 0.1) is 13.8 Å². The molecule has 70 valence electrons. The Morgan fingerprint density at radius 2 is 2.08 bits per heavy atom. The number of hydrogen-bond acceptors (Lipinski definition) is 1. The topological polar surface area (TPSA) is 29.1 Å². The van der Waals surface area contributed by atoms with E-state index in [2.05, 4.69) is 5.32 Å². The van der Waals surface area contributed by atoms with Crippen LogP contribution in [0.1, 0.15) is 11.1 Å². The molecule has 3 heteroatoms. The summed E-state index contributed by atoms with van der Waals surface area (Å²) in [6, 6.07) is 5.47. The molecule has 1 amide bonds. The minimum atomic E-state index is -0.979. The Morgan fingerprint density at radius 3 is 2.62 bits per heavy atom. The van der Waals surface area contributed by atoms with Gasteiger partial charge in [-0.1, -0.05) is 6.07 Å². The molecular weight excluding hydrogens is 169 g/mol. The predicted octanol–water partition coefficient (Wildman–Crippen LogP) is 2.21. The molecule has 0 unspecified atom stereocenters. The molecule has 0 atom stereocenters. The van der Waals surface area contributed by atoms with E-state index in [-0.39, 0.29) is 0 Å². The first-order chi connectivity index (χ1) is 6.13. The van der Waals surface area contributed by atoms with E-state index in [0.29, 0.717) is 5.69 Å². The first-order valence-electron chi connectivity index (χ1n) is 4.06. The van der Waals surface area contributed by atoms with Crippen LogP contribution in [-0.4, -0.2) is 12.6 Å². The van der Waals surface area contributed by atoms with Gasteiger partial charge in [-0.2, -0.15) is 0 Å². The van der Waals surface area contributed by atoms with E-state index in [1.807, 2.05) is 26.0 Å². The predicted molar refractivity (Wildman–Crippen MR) is 50.5 cm³/mol. The van der Waals surface area contributed by atoms with Crippen LogP contribution in [-0.2, 0) is 4.79 Å². The second-order valence-electron chi connectivity index (χ2n) is 2.98. The Morgan fingerprint density at radius 1 is 1.38 bits per heavy atom. The fourth-order valence-electron chi connectivity index (χ4n) is 1.01. The molecule has 0 saturated heterocycles. The van der Waals surface area contributed by atoms with Crippen LogP contribution in [0.3, 0.4) is 0 Å². The van der Waals surface area contributed by atoms with Crippen LogP contribution in [0.5, 0.6) is 0 Å². The summed E-state index contributed by atoms with van der Waals surface area (Å²) in [4.78, 5) is 10.7. The molecule has 1 N–H and O–H groups in total. The van der Waals surface area contributed by atoms with Crippen molar-refractivity contribution in [2.45, 2.75) is 13.8 Å². The van der Waals surface area contributed by atoms with E-state index in [4.69, 9.17) is 0 Å². The lowest BCUT2D eigenvalue weighted by atomic mass is 10.1. The first-order valence-corrected chi connectivity index (χ1v) is 4.06. The van der Waals surface area contributed by atoms with Crippen molar-refractivity contribution in [2.75, 3.05) is 12.0 Å². The van der Waals surface area contributed by atoms with Gasteiger partial charge < -0.3 is 5.32 Å². The lowest BCUT2D eigenvalue weighted by molar-refractivity contribution is -0.117. The minimum absolute atomic E-state index is 0.608. The number of nitrogens with one attached hydrogen (secondary N) is 1. The average Bonchev–Trinajstić information content (AvgIpc) is 2.11. The van der Waals surface area contributed by atoms with Gasteiger partial charge in [0.1, 0.15) is 0 Å². The van der Waals surface area contributed by atoms with Crippen molar-refractivity contribution in [2.24, 2.45) is 0 Å². The van der Waals surface area contributed by atoms with Crippen LogP contribution >= 0.6 is 0 Å². The summed E-state index contributed by atoms with van der Waals surface area (Å²) in [5, 5.41) is 2.45. The van der Waals surface area contributed by atoms with Gasteiger partial charge in [-0.3, -0.25) is 4.79 Å². The van der Waals surface area contributed by atoms with E-state index in [0.717, 1.165) is 11.1 Å². The highest BCUT2D eigenvalue weighted by Crippen LogP contribution is 2.13. The molecule has 1 aromatic rings. The highest BCUT2D eigenvalue weighted by molar-refractivity contribution is 5.91. The molecule has 1 aromatic carbocycles. The summed E-state index contributed by atoms with van der Waals surface area (Å²) in [5.74, 6) is -0.608. The SMILES string of the molecule is Cc1ccc(NC(=O)CF)cc1C. The number of halogens is 1. The standard InChI is InChI=1S/C10H12FNO/c1-7-3-4-9(5-8(7)2)12-10(13)6-11/h3-5H,6H2,1-2H3,(H,12,13). The summed E-state index contributed by atoms with van der Waals surface area (Å²) in [6.07, 6.45) is 0. The molecule has 13 heavy (non-hydrogen) atoms. The second-order valence-corrected chi connectivity index (χ2v) is 2.98. The molecule has 0 fully saturated rings. The quantitative estimate of drug-likeness (QED) is 0.744. The molecule has 2 nitrogen and oxygen atoms in total. The Kier molecular flexibility index (Phi) is 3.01. The van der Waals surface area contributed by atoms with Gasteiger partial charge in [0, 0.05) is 5.69 Å². The molecule has 0 aliphatic carbocycles. The lowest BCUT2D eigenvalue weighted by Crippen LogP contribution is -2.13. The smallest absolute Gasteiger partial charge is 0.255 e. The van der Waals surface area contributed by atoms with E-state index in [1.165, 1.54) is 0 Å². The molecule has 0 heterocycles. The highest BCUT2D eigenvalue weighted by atomic mass is 19.1. The molecular formula is C10H12FNO. The molecule has 0 aromatic heterocycles. The lowest BCUT2D eigenvalue weighted by Gasteiger charge is -2.05. The number of alkyl halides is 1. The third-order valence-electron chi connectivity index (χ3n) is 1.91. The van der Waals surface area contributed by atoms with E-state index in [9.17, 15) is 9.18 Å². The zero-order valence-electron chi connectivity index (χ0n) is 7.73. The number of benzene rings is 1. The van der Waals surface area contributed by atoms with Gasteiger partial charge in [0.05, 0.1) is 0 Å². The zero-order valence-corrected chi connectivity index (χ0v) is 7.73. The van der Waals surface area contributed by atoms with Crippen LogP contribution in [0.4, 0.5) is 10.1 Å². The number of rotatable bonds is 2. The fourth-order valence-corrected chi connectivity index (χ4v) is 1.01. The van der Waals surface area contributed by atoms with Crippen LogP contribution < -0.4 is 5.32 Å². The van der Waals surface area contributed by atoms with E-state index in [1.54, 1.807) is 6.07 Å². The Bertz CT molecular complexity index is 323. The number of carbonyl (C=O) groups excluding carboxylic acids is 1. The summed E-state index contributed by atoms with van der Waals surface area (Å²) in [7, 11) is 0. The summed E-state index contributed by atoms with van der Waals surface area (Å²) >= 11 is 0. The van der Waals surface area contributed by atoms with Crippen molar-refractivity contribution in [3.63, 3.8) is 0 Å². The van der Waals surface area contributed by atoms with Crippen molar-refractivity contribution < 1.29 is 9.18 Å². The molecule has 0 aliphatic heterocycles. The maximum atomic E-state index is 11.8. The monoisotopic (exact) mass is 181 g/mol. The maximum absolute atomic E-state index is 11.8. The van der Waals surface area contributed by atoms with Crippen molar-refractivity contribution in [3.8, 4) is 0 Å². The van der Waals surface area contributed by atoms with Crippen molar-refractivity contribution in [1.82, 2.24) is 0 Å². The molecule has 0 aliphatic rings. The molecule has 1 rings (SSSR count). The third kappa shape index (κ3) is 2.54. The normalized spacial score (nSPS) is 9.77. The van der Waals surface area contributed by atoms with Gasteiger partial charge in [-0.15, -0.1) is 0 Å². The van der Waals surface area contributed by atoms with Gasteiger partial charge in [0.25, 0.3) is 5.91 Å². The number of aryl methyl sites for hydroxylation is 2. The Labute approximate surface area is 76.8 Å². The van der Waals surface area contributed by atoms with Crippen LogP contribution in [0.15, 0.2) is 18.2 Å². The van der Waals surface area contributed by atoms with Gasteiger partial charge in [-0.25, -0.2) is 4.39 Å². The first kappa shape index (κ1) is 9.71. The van der Waals surface area contributed by atoms with E-state index >= 15 is 0 Å². The third-order valence-corrected chi connectivity index (χ3v) is 1.91. The average molecular weight is 181 g/mol. The van der Waals surface area contributed by atoms with Crippen LogP contribution in [0.2, 0.25) is 0 Å². The fraction of sp³-hybridized carbons (Fsp3) is 0.300. The Hall–Kier alpha value is -1.38. The summed E-state index contributed by atoms with van der Waals surface area (Å²) in [5.41, 5.74) is 2.88. The van der Waals surface area contributed by atoms with Gasteiger partial charge in [0.15, 0.2) is 6.67 Å². The van der Waals surface area contributed by atoms with Gasteiger partial charge in [0.2, 0.25) is 0 Å². The van der Waals surface area contributed by atoms with Crippen molar-refractivity contribution >= 4 is 11.6 Å². The minimum Gasteiger partial charge on any atom is -0.324 e. The number of carbonyl (C=O) groups is 1. The second kappa shape index (κ2) is 4.03.